The van der Waals surface area contributed by atoms with Crippen molar-refractivity contribution in [3.8, 4) is 0 Å². The van der Waals surface area contributed by atoms with Crippen LogP contribution < -0.4 is 0 Å². The molecule has 8 rings (SSSR count). The number of rotatable bonds is 8. The van der Waals surface area contributed by atoms with Gasteiger partial charge in [0.15, 0.2) is 12.6 Å². The Morgan fingerprint density at radius 2 is 1.23 bits per heavy atom. The van der Waals surface area contributed by atoms with Crippen LogP contribution in [0.25, 0.3) is 0 Å². The quantitative estimate of drug-likeness (QED) is 0.146. The minimum atomic E-state index is -1.56. The van der Waals surface area contributed by atoms with Crippen LogP contribution in [0.2, 0.25) is 0 Å². The van der Waals surface area contributed by atoms with Crippen molar-refractivity contribution in [1.29, 1.82) is 0 Å². The Hall–Kier alpha value is -0.600. The van der Waals surface area contributed by atoms with E-state index in [0.29, 0.717) is 32.1 Å². The third-order valence-electron chi connectivity index (χ3n) is 18.1. The molecule has 57 heavy (non-hydrogen) atoms. The molecule has 0 unspecified atom stereocenters. The summed E-state index contributed by atoms with van der Waals surface area (Å²) in [6.45, 7) is 13.6. The molecule has 10 N–H and O–H groups in total. The van der Waals surface area contributed by atoms with E-state index in [-0.39, 0.29) is 39.4 Å². The summed E-state index contributed by atoms with van der Waals surface area (Å²) in [5.41, 5.74) is -2.99. The number of aliphatic hydroxyl groups excluding tert-OH is 10. The highest BCUT2D eigenvalue weighted by atomic mass is 16.7. The van der Waals surface area contributed by atoms with E-state index < -0.39 is 116 Å². The van der Waals surface area contributed by atoms with Gasteiger partial charge in [-0.15, -0.1) is 0 Å². The summed E-state index contributed by atoms with van der Waals surface area (Å²) in [4.78, 5) is 0. The Balaban J connectivity index is 0.996. The molecular formula is C42H70O15. The zero-order valence-corrected chi connectivity index (χ0v) is 34.6. The highest BCUT2D eigenvalue weighted by Gasteiger charge is 2.85. The summed E-state index contributed by atoms with van der Waals surface area (Å²) in [5.74, 6) is -0.133. The van der Waals surface area contributed by atoms with Crippen LogP contribution in [0.15, 0.2) is 0 Å². The molecule has 15 nitrogen and oxygen atoms in total. The molecule has 5 saturated carbocycles. The van der Waals surface area contributed by atoms with E-state index in [4.69, 9.17) is 23.7 Å². The molecule has 22 atom stereocenters. The van der Waals surface area contributed by atoms with E-state index in [0.717, 1.165) is 25.7 Å². The molecular weight excluding hydrogens is 744 g/mol. The van der Waals surface area contributed by atoms with Crippen molar-refractivity contribution in [2.75, 3.05) is 13.2 Å². The predicted octanol–water partition coefficient (Wildman–Crippen LogP) is 0.0850. The topological polar surface area (TPSA) is 248 Å². The third kappa shape index (κ3) is 5.92. The predicted molar refractivity (Wildman–Crippen MR) is 200 cm³/mol. The Morgan fingerprint density at radius 3 is 1.84 bits per heavy atom. The highest BCUT2D eigenvalue weighted by molar-refractivity contribution is 5.33. The lowest BCUT2D eigenvalue weighted by Crippen LogP contribution is -2.64. The Bertz CT molecular complexity index is 1510. The monoisotopic (exact) mass is 814 g/mol. The van der Waals surface area contributed by atoms with Crippen molar-refractivity contribution >= 4 is 0 Å². The van der Waals surface area contributed by atoms with Crippen molar-refractivity contribution in [1.82, 2.24) is 0 Å². The van der Waals surface area contributed by atoms with Gasteiger partial charge in [-0.05, 0) is 117 Å². The summed E-state index contributed by atoms with van der Waals surface area (Å²) >= 11 is 0. The van der Waals surface area contributed by atoms with E-state index in [9.17, 15) is 51.1 Å². The van der Waals surface area contributed by atoms with E-state index in [1.165, 1.54) is 0 Å². The first-order valence-electron chi connectivity index (χ1n) is 21.5. The zero-order valence-electron chi connectivity index (χ0n) is 34.6. The molecule has 3 heterocycles. The average Bonchev–Trinajstić information content (AvgIpc) is 3.50. The van der Waals surface area contributed by atoms with Crippen LogP contribution in [0.5, 0.6) is 0 Å². The van der Waals surface area contributed by atoms with Crippen molar-refractivity contribution in [3.63, 3.8) is 0 Å². The first kappa shape index (κ1) is 43.1. The molecule has 0 radical (unpaired) electrons. The second-order valence-electron chi connectivity index (χ2n) is 21.5. The molecule has 8 aliphatic rings. The Kier molecular flexibility index (Phi) is 10.5. The molecule has 0 aromatic rings. The fourth-order valence-electron chi connectivity index (χ4n) is 15.2. The van der Waals surface area contributed by atoms with Gasteiger partial charge in [0.2, 0.25) is 0 Å². The van der Waals surface area contributed by atoms with Crippen LogP contribution >= 0.6 is 0 Å². The average molecular weight is 815 g/mol. The van der Waals surface area contributed by atoms with Crippen molar-refractivity contribution in [2.45, 2.75) is 203 Å². The van der Waals surface area contributed by atoms with E-state index in [2.05, 4.69) is 34.6 Å². The second-order valence-corrected chi connectivity index (χ2v) is 21.5. The maximum atomic E-state index is 12.3. The largest absolute Gasteiger partial charge is 0.394 e. The summed E-state index contributed by atoms with van der Waals surface area (Å²) < 4.78 is 31.1. The van der Waals surface area contributed by atoms with Gasteiger partial charge in [-0.25, -0.2) is 0 Å². The standard InChI is InChI=1S/C42H70O15/c1-36(2)24(55-34-30(51)28(49)26(47)21(16-43)53-34)9-11-42-18-41(42)13-12-38(5)33(20(46)15-39(38,6)23(41)14-19(45)32(36)42)40(7)10-8-25(56-40)37(3,4)57-35-31(52)29(50)27(48)22(17-44)54-35/h19-35,43-52H,8-18H2,1-7H3/t19-,20-,21+,22+,23+,24-,25-,26+,27+,28-,29-,30+,31+,32+,33-,34-,35-,38+,39-,40+,41-,42+/m0/s1. The van der Waals surface area contributed by atoms with Crippen LogP contribution in [0, 0.1) is 44.8 Å². The second kappa shape index (κ2) is 14.0. The van der Waals surface area contributed by atoms with Crippen LogP contribution in [0.4, 0.5) is 0 Å². The minimum Gasteiger partial charge on any atom is -0.394 e. The molecule has 0 aromatic carbocycles. The molecule has 3 aliphatic heterocycles. The van der Waals surface area contributed by atoms with Gasteiger partial charge in [0, 0.05) is 5.92 Å². The first-order chi connectivity index (χ1) is 26.5. The molecule has 5 aliphatic carbocycles. The van der Waals surface area contributed by atoms with Gasteiger partial charge in [0.05, 0.1) is 48.8 Å². The van der Waals surface area contributed by atoms with Gasteiger partial charge < -0.3 is 74.7 Å². The fourth-order valence-corrected chi connectivity index (χ4v) is 15.2. The summed E-state index contributed by atoms with van der Waals surface area (Å²) in [6, 6.07) is 0. The maximum Gasteiger partial charge on any atom is 0.187 e. The van der Waals surface area contributed by atoms with Crippen molar-refractivity contribution in [3.05, 3.63) is 0 Å². The number of aliphatic hydroxyl groups is 10. The number of fused-ring (bicyclic) bond motifs is 2. The molecule has 328 valence electrons. The normalized spacial score (nSPS) is 58.4. The van der Waals surface area contributed by atoms with Gasteiger partial charge in [-0.1, -0.05) is 27.7 Å². The SMILES string of the molecule is CC(C)(O[C@@H]1O[C@H](CO)[C@@H](O)[C@H](O)[C@H]1O)[C@@H]1CC[C@](C)([C@H]2[C@@H](O)C[C@@]3(C)[C@H]4C[C@H](O)[C@@H]5C(C)(C)[C@@H](O[C@@H]6O[C@H](CO)[C@@H](O)[C@H](O)[C@H]6O)CC[C@@]56C[C@@]46CC[C@]23C)O1. The lowest BCUT2D eigenvalue weighted by atomic mass is 9.41. The number of hydrogen-bond acceptors (Lipinski definition) is 15. The molecule has 0 aromatic heterocycles. The Morgan fingerprint density at radius 1 is 0.632 bits per heavy atom. The molecule has 15 heteroatoms. The zero-order chi connectivity index (χ0) is 41.6. The smallest absolute Gasteiger partial charge is 0.187 e. The number of ether oxygens (including phenoxy) is 5. The van der Waals surface area contributed by atoms with Crippen molar-refractivity contribution in [2.24, 2.45) is 44.8 Å². The van der Waals surface area contributed by atoms with Crippen LogP contribution in [0.1, 0.15) is 106 Å². The summed E-state index contributed by atoms with van der Waals surface area (Å²) in [7, 11) is 0. The minimum absolute atomic E-state index is 0.00759. The molecule has 0 amide bonds. The first-order valence-corrected chi connectivity index (χ1v) is 21.5. The third-order valence-corrected chi connectivity index (χ3v) is 18.1. The summed E-state index contributed by atoms with van der Waals surface area (Å²) in [6.07, 6.45) is -9.12. The van der Waals surface area contributed by atoms with E-state index in [1.54, 1.807) is 0 Å². The van der Waals surface area contributed by atoms with E-state index >= 15 is 0 Å². The van der Waals surface area contributed by atoms with Crippen LogP contribution in [0.3, 0.4) is 0 Å². The molecule has 2 spiro atoms. The van der Waals surface area contributed by atoms with Gasteiger partial charge in [0.25, 0.3) is 0 Å². The van der Waals surface area contributed by atoms with Gasteiger partial charge >= 0.3 is 0 Å². The molecule has 3 saturated heterocycles. The van der Waals surface area contributed by atoms with Crippen LogP contribution in [-0.4, -0.2) is 161 Å². The fraction of sp³-hybridized carbons (Fsp3) is 1.00. The molecule has 8 fully saturated rings. The van der Waals surface area contributed by atoms with Gasteiger partial charge in [0.1, 0.15) is 48.8 Å². The van der Waals surface area contributed by atoms with Gasteiger partial charge in [-0.3, -0.25) is 0 Å². The maximum absolute atomic E-state index is 12.3. The Labute approximate surface area is 335 Å². The highest BCUT2D eigenvalue weighted by Crippen LogP contribution is 2.89. The van der Waals surface area contributed by atoms with Crippen LogP contribution in [-0.2, 0) is 23.7 Å². The molecule has 0 bridgehead atoms. The summed E-state index contributed by atoms with van der Waals surface area (Å²) in [5, 5.41) is 107. The number of hydrogen-bond donors (Lipinski definition) is 10. The van der Waals surface area contributed by atoms with Crippen molar-refractivity contribution < 1.29 is 74.7 Å². The lowest BCUT2D eigenvalue weighted by Gasteiger charge is -2.64. The van der Waals surface area contributed by atoms with Gasteiger partial charge in [-0.2, -0.15) is 0 Å². The van der Waals surface area contributed by atoms with E-state index in [1.807, 2.05) is 13.8 Å². The lowest BCUT2D eigenvalue weighted by molar-refractivity contribution is -0.334.